The number of aliphatic carboxylic acids is 2. The Labute approximate surface area is 183 Å². The molecule has 31 heavy (non-hydrogen) atoms. The Morgan fingerprint density at radius 2 is 1.55 bits per heavy atom. The number of carboxylic acid groups (broad SMARTS) is 2. The zero-order valence-corrected chi connectivity index (χ0v) is 17.9. The molecule has 0 aliphatic rings. The zero-order chi connectivity index (χ0) is 22.6. The maximum absolute atomic E-state index is 12.8. The summed E-state index contributed by atoms with van der Waals surface area (Å²) in [7, 11) is 0. The highest BCUT2D eigenvalue weighted by atomic mass is 16.4. The molecule has 2 rings (SSSR count). The predicted molar refractivity (Wildman–Crippen MR) is 120 cm³/mol. The normalized spacial score (nSPS) is 12.7. The van der Waals surface area contributed by atoms with Crippen molar-refractivity contribution in [1.82, 2.24) is 5.32 Å². The van der Waals surface area contributed by atoms with Crippen LogP contribution < -0.4 is 5.32 Å². The summed E-state index contributed by atoms with van der Waals surface area (Å²) < 4.78 is 0. The molecule has 166 valence electrons. The van der Waals surface area contributed by atoms with Crippen molar-refractivity contribution in [2.45, 2.75) is 45.4 Å². The summed E-state index contributed by atoms with van der Waals surface area (Å²) in [5.74, 6) is -3.31. The van der Waals surface area contributed by atoms with E-state index in [0.29, 0.717) is 12.8 Å². The second-order valence-electron chi connectivity index (χ2n) is 7.81. The maximum Gasteiger partial charge on any atom is 0.306 e. The Morgan fingerprint density at radius 1 is 0.903 bits per heavy atom. The summed E-state index contributed by atoms with van der Waals surface area (Å²) in [5, 5.41) is 21.1. The number of rotatable bonds is 13. The van der Waals surface area contributed by atoms with Crippen LogP contribution in [0.25, 0.3) is 11.1 Å². The lowest BCUT2D eigenvalue weighted by Crippen LogP contribution is -2.35. The zero-order valence-electron chi connectivity index (χ0n) is 17.9. The quantitative estimate of drug-likeness (QED) is 0.442. The van der Waals surface area contributed by atoms with Crippen molar-refractivity contribution >= 4 is 17.8 Å². The van der Waals surface area contributed by atoms with Crippen molar-refractivity contribution in [1.29, 1.82) is 0 Å². The third kappa shape index (κ3) is 8.24. The van der Waals surface area contributed by atoms with Crippen LogP contribution in [0.15, 0.2) is 54.6 Å². The first kappa shape index (κ1) is 24.1. The highest BCUT2D eigenvalue weighted by molar-refractivity contribution is 5.80. The van der Waals surface area contributed by atoms with E-state index in [-0.39, 0.29) is 25.3 Å². The molecule has 6 nitrogen and oxygen atoms in total. The van der Waals surface area contributed by atoms with Crippen LogP contribution in [-0.4, -0.2) is 34.6 Å². The molecule has 0 bridgehead atoms. The van der Waals surface area contributed by atoms with Crippen LogP contribution in [0.1, 0.15) is 44.6 Å². The summed E-state index contributed by atoms with van der Waals surface area (Å²) >= 11 is 0. The Morgan fingerprint density at radius 3 is 2.13 bits per heavy atom. The van der Waals surface area contributed by atoms with Gasteiger partial charge in [-0.05, 0) is 36.0 Å². The van der Waals surface area contributed by atoms with E-state index in [0.717, 1.165) is 29.5 Å². The molecule has 0 radical (unpaired) electrons. The van der Waals surface area contributed by atoms with E-state index in [1.54, 1.807) is 0 Å². The molecule has 0 fully saturated rings. The Bertz CT molecular complexity index is 848. The van der Waals surface area contributed by atoms with Gasteiger partial charge in [-0.1, -0.05) is 74.4 Å². The number of amides is 1. The number of unbranched alkanes of at least 4 members (excludes halogenated alkanes) is 1. The number of hydrogen-bond acceptors (Lipinski definition) is 3. The third-order valence-corrected chi connectivity index (χ3v) is 5.38. The lowest BCUT2D eigenvalue weighted by atomic mass is 9.86. The van der Waals surface area contributed by atoms with Gasteiger partial charge in [0.2, 0.25) is 5.91 Å². The first-order valence-electron chi connectivity index (χ1n) is 10.8. The van der Waals surface area contributed by atoms with E-state index in [4.69, 9.17) is 5.11 Å². The van der Waals surface area contributed by atoms with Crippen molar-refractivity contribution in [2.24, 2.45) is 11.8 Å². The Kier molecular flexibility index (Phi) is 9.75. The summed E-state index contributed by atoms with van der Waals surface area (Å²) in [6.07, 6.45) is 2.68. The average molecular weight is 426 g/mol. The molecule has 3 N–H and O–H groups in total. The molecule has 0 saturated carbocycles. The fourth-order valence-corrected chi connectivity index (χ4v) is 3.60. The molecule has 0 unspecified atom stereocenters. The molecule has 1 amide bonds. The van der Waals surface area contributed by atoms with Crippen LogP contribution >= 0.6 is 0 Å². The minimum Gasteiger partial charge on any atom is -0.481 e. The minimum atomic E-state index is -0.986. The van der Waals surface area contributed by atoms with Gasteiger partial charge < -0.3 is 15.5 Å². The number of benzene rings is 2. The second-order valence-corrected chi connectivity index (χ2v) is 7.81. The predicted octanol–water partition coefficient (Wildman–Crippen LogP) is 4.38. The fourth-order valence-electron chi connectivity index (χ4n) is 3.60. The van der Waals surface area contributed by atoms with Crippen LogP contribution in [0.4, 0.5) is 0 Å². The standard InChI is InChI=1S/C25H31NO5/c1-2-3-7-21(25(30)31)17-22(24(29)26-15-14-23(27)28)16-18-10-12-20(13-11-18)19-8-5-4-6-9-19/h4-6,8-13,21-22H,2-3,7,14-17H2,1H3,(H,26,29)(H,27,28)(H,30,31)/t21-,22-/m1/s1. The molecule has 0 spiro atoms. The molecule has 0 aliphatic carbocycles. The lowest BCUT2D eigenvalue weighted by Gasteiger charge is -2.21. The van der Waals surface area contributed by atoms with E-state index in [2.05, 4.69) is 5.32 Å². The molecule has 0 saturated heterocycles. The molecule has 2 aromatic rings. The van der Waals surface area contributed by atoms with Gasteiger partial charge in [-0.2, -0.15) is 0 Å². The largest absolute Gasteiger partial charge is 0.481 e. The number of nitrogens with one attached hydrogen (secondary N) is 1. The molecule has 6 heteroatoms. The van der Waals surface area contributed by atoms with Crippen molar-refractivity contribution in [3.63, 3.8) is 0 Å². The van der Waals surface area contributed by atoms with Gasteiger partial charge >= 0.3 is 11.9 Å². The molecule has 2 atom stereocenters. The average Bonchev–Trinajstić information content (AvgIpc) is 2.76. The van der Waals surface area contributed by atoms with Crippen LogP contribution in [0.2, 0.25) is 0 Å². The first-order chi connectivity index (χ1) is 14.9. The van der Waals surface area contributed by atoms with Crippen LogP contribution in [0.5, 0.6) is 0 Å². The van der Waals surface area contributed by atoms with Gasteiger partial charge in [0, 0.05) is 12.5 Å². The summed E-state index contributed by atoms with van der Waals surface area (Å²) in [6.45, 7) is 2.04. The number of carbonyl (C=O) groups excluding carboxylic acids is 1. The SMILES string of the molecule is CCCC[C@H](C[C@@H](Cc1ccc(-c2ccccc2)cc1)C(=O)NCCC(=O)O)C(=O)O. The van der Waals surface area contributed by atoms with Gasteiger partial charge in [-0.15, -0.1) is 0 Å². The number of carbonyl (C=O) groups is 3. The first-order valence-corrected chi connectivity index (χ1v) is 10.8. The molecule has 0 heterocycles. The van der Waals surface area contributed by atoms with Gasteiger partial charge in [0.15, 0.2) is 0 Å². The van der Waals surface area contributed by atoms with Gasteiger partial charge in [0.25, 0.3) is 0 Å². The number of hydrogen-bond donors (Lipinski definition) is 3. The Balaban J connectivity index is 2.13. The molecular formula is C25H31NO5. The highest BCUT2D eigenvalue weighted by Gasteiger charge is 2.27. The summed E-state index contributed by atoms with van der Waals surface area (Å²) in [4.78, 5) is 35.2. The van der Waals surface area contributed by atoms with E-state index < -0.39 is 23.8 Å². The molecule has 0 aromatic heterocycles. The van der Waals surface area contributed by atoms with E-state index >= 15 is 0 Å². The summed E-state index contributed by atoms with van der Waals surface area (Å²) in [5.41, 5.74) is 3.11. The van der Waals surface area contributed by atoms with Crippen LogP contribution in [0.3, 0.4) is 0 Å². The molecular weight excluding hydrogens is 394 g/mol. The van der Waals surface area contributed by atoms with Crippen molar-refractivity contribution < 1.29 is 24.6 Å². The number of carboxylic acids is 2. The van der Waals surface area contributed by atoms with E-state index in [9.17, 15) is 19.5 Å². The van der Waals surface area contributed by atoms with Gasteiger partial charge in [0.1, 0.15) is 0 Å². The van der Waals surface area contributed by atoms with Gasteiger partial charge in [0.05, 0.1) is 12.3 Å². The van der Waals surface area contributed by atoms with Crippen LogP contribution in [-0.2, 0) is 20.8 Å². The lowest BCUT2D eigenvalue weighted by molar-refractivity contribution is -0.143. The summed E-state index contributed by atoms with van der Waals surface area (Å²) in [6, 6.07) is 17.9. The third-order valence-electron chi connectivity index (χ3n) is 5.38. The topological polar surface area (TPSA) is 104 Å². The monoisotopic (exact) mass is 425 g/mol. The van der Waals surface area contributed by atoms with Crippen molar-refractivity contribution in [3.05, 3.63) is 60.2 Å². The molecule has 0 aliphatic heterocycles. The van der Waals surface area contributed by atoms with Crippen molar-refractivity contribution in [3.8, 4) is 11.1 Å². The molecule has 2 aromatic carbocycles. The fraction of sp³-hybridized carbons (Fsp3) is 0.400. The second kappa shape index (κ2) is 12.5. The minimum absolute atomic E-state index is 0.0321. The van der Waals surface area contributed by atoms with E-state index in [1.807, 2.05) is 61.5 Å². The smallest absolute Gasteiger partial charge is 0.306 e. The van der Waals surface area contributed by atoms with Gasteiger partial charge in [-0.25, -0.2) is 0 Å². The van der Waals surface area contributed by atoms with Crippen molar-refractivity contribution in [2.75, 3.05) is 6.54 Å². The highest BCUT2D eigenvalue weighted by Crippen LogP contribution is 2.25. The van der Waals surface area contributed by atoms with Gasteiger partial charge in [-0.3, -0.25) is 14.4 Å². The maximum atomic E-state index is 12.8. The van der Waals surface area contributed by atoms with Crippen LogP contribution in [0, 0.1) is 11.8 Å². The van der Waals surface area contributed by atoms with E-state index in [1.165, 1.54) is 0 Å². The Hall–Kier alpha value is -3.15.